The predicted octanol–water partition coefficient (Wildman–Crippen LogP) is 4.22. The molecule has 0 heterocycles. The van der Waals surface area contributed by atoms with Gasteiger partial charge in [0, 0.05) is 11.1 Å². The van der Waals surface area contributed by atoms with Crippen LogP contribution in [0.3, 0.4) is 0 Å². The molecule has 0 aromatic heterocycles. The molecule has 0 saturated heterocycles. The van der Waals surface area contributed by atoms with Gasteiger partial charge in [-0.2, -0.15) is 0 Å². The van der Waals surface area contributed by atoms with Crippen LogP contribution in [0.5, 0.6) is 11.5 Å². The fourth-order valence-electron chi connectivity index (χ4n) is 2.93. The van der Waals surface area contributed by atoms with Crippen molar-refractivity contribution < 1.29 is 9.47 Å². The average molecular weight is 342 g/mol. The van der Waals surface area contributed by atoms with Crippen LogP contribution in [-0.4, -0.2) is 14.2 Å². The summed E-state index contributed by atoms with van der Waals surface area (Å²) in [6, 6.07) is 4.00. The smallest absolute Gasteiger partial charge is 0.141 e. The normalized spacial score (nSPS) is 20.5. The lowest BCUT2D eigenvalue weighted by molar-refractivity contribution is 0.162. The van der Waals surface area contributed by atoms with Gasteiger partial charge in [0.15, 0.2) is 0 Å². The molecule has 1 aromatic carbocycles. The Morgan fingerprint density at radius 3 is 2.15 bits per heavy atom. The molecule has 0 atom stereocenters. The zero-order chi connectivity index (χ0) is 15.0. The molecule has 112 valence electrons. The maximum atomic E-state index is 6.70. The highest BCUT2D eigenvalue weighted by molar-refractivity contribution is 9.10. The van der Waals surface area contributed by atoms with E-state index < -0.39 is 0 Å². The Morgan fingerprint density at radius 1 is 1.05 bits per heavy atom. The molecule has 0 amide bonds. The summed E-state index contributed by atoms with van der Waals surface area (Å²) in [5.41, 5.74) is 7.85. The molecule has 3 nitrogen and oxygen atoms in total. The van der Waals surface area contributed by atoms with Crippen LogP contribution >= 0.6 is 15.9 Å². The molecule has 2 rings (SSSR count). The third-order valence-corrected chi connectivity index (χ3v) is 5.27. The lowest BCUT2D eigenvalue weighted by Crippen LogP contribution is -2.42. The molecule has 0 bridgehead atoms. The molecule has 1 aliphatic carbocycles. The van der Waals surface area contributed by atoms with Gasteiger partial charge in [0.25, 0.3) is 0 Å². The van der Waals surface area contributed by atoms with Gasteiger partial charge in [-0.05, 0) is 59.2 Å². The first-order valence-electron chi connectivity index (χ1n) is 7.03. The molecule has 0 radical (unpaired) electrons. The van der Waals surface area contributed by atoms with Gasteiger partial charge >= 0.3 is 0 Å². The Morgan fingerprint density at radius 2 is 1.65 bits per heavy atom. The molecule has 1 fully saturated rings. The van der Waals surface area contributed by atoms with Gasteiger partial charge in [-0.1, -0.05) is 13.8 Å². The zero-order valence-electron chi connectivity index (χ0n) is 12.8. The quantitative estimate of drug-likeness (QED) is 0.894. The van der Waals surface area contributed by atoms with E-state index in [1.165, 1.54) is 0 Å². The van der Waals surface area contributed by atoms with Gasteiger partial charge in [0.05, 0.1) is 14.2 Å². The maximum Gasteiger partial charge on any atom is 0.141 e. The van der Waals surface area contributed by atoms with E-state index in [0.717, 1.165) is 47.2 Å². The van der Waals surface area contributed by atoms with Crippen molar-refractivity contribution in [2.45, 2.75) is 45.1 Å². The summed E-state index contributed by atoms with van der Waals surface area (Å²) in [4.78, 5) is 0. The summed E-state index contributed by atoms with van der Waals surface area (Å²) in [5, 5.41) is 0. The number of ether oxygens (including phenoxy) is 2. The van der Waals surface area contributed by atoms with Gasteiger partial charge < -0.3 is 15.2 Å². The third-order valence-electron chi connectivity index (χ3n) is 4.52. The first-order valence-corrected chi connectivity index (χ1v) is 7.82. The summed E-state index contributed by atoms with van der Waals surface area (Å²) in [6.07, 6.45) is 4.23. The third kappa shape index (κ3) is 2.82. The fraction of sp³-hybridized carbons (Fsp3) is 0.625. The molecule has 1 aromatic rings. The Kier molecular flexibility index (Phi) is 4.35. The van der Waals surface area contributed by atoms with E-state index in [9.17, 15) is 0 Å². The maximum absolute atomic E-state index is 6.70. The lowest BCUT2D eigenvalue weighted by atomic mass is 9.67. The van der Waals surface area contributed by atoms with E-state index in [0.29, 0.717) is 5.41 Å². The van der Waals surface area contributed by atoms with Crippen molar-refractivity contribution in [1.82, 2.24) is 0 Å². The lowest BCUT2D eigenvalue weighted by Gasteiger charge is -2.42. The number of halogens is 1. The number of methoxy groups -OCH3 is 2. The highest BCUT2D eigenvalue weighted by Gasteiger charge is 2.39. The van der Waals surface area contributed by atoms with E-state index in [4.69, 9.17) is 15.2 Å². The Hall–Kier alpha value is -0.740. The Bertz CT molecular complexity index is 489. The van der Waals surface area contributed by atoms with Gasteiger partial charge in [-0.3, -0.25) is 0 Å². The summed E-state index contributed by atoms with van der Waals surface area (Å²) >= 11 is 3.56. The van der Waals surface area contributed by atoms with Gasteiger partial charge in [0.1, 0.15) is 16.0 Å². The Labute approximate surface area is 130 Å². The van der Waals surface area contributed by atoms with E-state index in [-0.39, 0.29) is 5.54 Å². The first-order chi connectivity index (χ1) is 9.33. The van der Waals surface area contributed by atoms with Crippen LogP contribution in [-0.2, 0) is 5.54 Å². The SMILES string of the molecule is COc1ccc(C2(N)CCC(C)(C)CC2)c(OC)c1Br. The fourth-order valence-corrected chi connectivity index (χ4v) is 3.60. The number of nitrogens with two attached hydrogens (primary N) is 1. The van der Waals surface area contributed by atoms with Gasteiger partial charge in [-0.15, -0.1) is 0 Å². The van der Waals surface area contributed by atoms with Crippen molar-refractivity contribution in [3.05, 3.63) is 22.2 Å². The van der Waals surface area contributed by atoms with Crippen LogP contribution in [0.2, 0.25) is 0 Å². The standard InChI is InChI=1S/C16H24BrNO2/c1-15(2)7-9-16(18,10-8-15)11-5-6-12(19-3)13(17)14(11)20-4/h5-6H,7-10,18H2,1-4H3. The van der Waals surface area contributed by atoms with Crippen molar-refractivity contribution in [2.24, 2.45) is 11.1 Å². The minimum Gasteiger partial charge on any atom is -0.495 e. The number of benzene rings is 1. The van der Waals surface area contributed by atoms with Crippen molar-refractivity contribution in [2.75, 3.05) is 14.2 Å². The molecule has 0 unspecified atom stereocenters. The molecule has 1 saturated carbocycles. The first kappa shape index (κ1) is 15.6. The minimum atomic E-state index is -0.310. The van der Waals surface area contributed by atoms with Crippen LogP contribution in [0.4, 0.5) is 0 Å². The van der Waals surface area contributed by atoms with E-state index >= 15 is 0 Å². The zero-order valence-corrected chi connectivity index (χ0v) is 14.3. The van der Waals surface area contributed by atoms with E-state index in [1.807, 2.05) is 12.1 Å². The molecule has 2 N–H and O–H groups in total. The molecule has 20 heavy (non-hydrogen) atoms. The van der Waals surface area contributed by atoms with Gasteiger partial charge in [0.2, 0.25) is 0 Å². The summed E-state index contributed by atoms with van der Waals surface area (Å²) < 4.78 is 11.8. The van der Waals surface area contributed by atoms with Crippen LogP contribution in [0.1, 0.15) is 45.1 Å². The van der Waals surface area contributed by atoms with Crippen molar-refractivity contribution in [3.63, 3.8) is 0 Å². The van der Waals surface area contributed by atoms with E-state index in [1.54, 1.807) is 14.2 Å². The van der Waals surface area contributed by atoms with Crippen LogP contribution in [0.15, 0.2) is 16.6 Å². The second-order valence-electron chi connectivity index (χ2n) is 6.48. The van der Waals surface area contributed by atoms with Crippen molar-refractivity contribution in [1.29, 1.82) is 0 Å². The van der Waals surface area contributed by atoms with Gasteiger partial charge in [-0.25, -0.2) is 0 Å². The molecular formula is C16H24BrNO2. The average Bonchev–Trinajstić information content (AvgIpc) is 2.42. The molecule has 0 spiro atoms. The van der Waals surface area contributed by atoms with Crippen LogP contribution in [0.25, 0.3) is 0 Å². The molecule has 0 aliphatic heterocycles. The van der Waals surface area contributed by atoms with Crippen LogP contribution in [0, 0.1) is 5.41 Å². The minimum absolute atomic E-state index is 0.310. The van der Waals surface area contributed by atoms with E-state index in [2.05, 4.69) is 29.8 Å². The number of rotatable bonds is 3. The highest BCUT2D eigenvalue weighted by atomic mass is 79.9. The van der Waals surface area contributed by atoms with Crippen LogP contribution < -0.4 is 15.2 Å². The molecular weight excluding hydrogens is 318 g/mol. The second-order valence-corrected chi connectivity index (χ2v) is 7.28. The largest absolute Gasteiger partial charge is 0.495 e. The summed E-state index contributed by atoms with van der Waals surface area (Å²) in [7, 11) is 3.33. The van der Waals surface area contributed by atoms with Crippen molar-refractivity contribution >= 4 is 15.9 Å². The Balaban J connectivity index is 2.40. The number of hydrogen-bond donors (Lipinski definition) is 1. The summed E-state index contributed by atoms with van der Waals surface area (Å²) in [6.45, 7) is 4.63. The summed E-state index contributed by atoms with van der Waals surface area (Å²) in [5.74, 6) is 1.57. The number of hydrogen-bond acceptors (Lipinski definition) is 3. The highest BCUT2D eigenvalue weighted by Crippen LogP contribution is 2.48. The molecule has 1 aliphatic rings. The molecule has 4 heteroatoms. The second kappa shape index (κ2) is 5.57. The topological polar surface area (TPSA) is 44.5 Å². The predicted molar refractivity (Wildman–Crippen MR) is 85.4 cm³/mol. The van der Waals surface area contributed by atoms with Crippen molar-refractivity contribution in [3.8, 4) is 11.5 Å². The monoisotopic (exact) mass is 341 g/mol.